The first-order valence-corrected chi connectivity index (χ1v) is 18.5. The van der Waals surface area contributed by atoms with Crippen LogP contribution in [0.15, 0.2) is 193 Å². The molecule has 0 radical (unpaired) electrons. The van der Waals surface area contributed by atoms with E-state index in [4.69, 9.17) is 10.3 Å². The Balaban J connectivity index is 1.05. The molecule has 3 heterocycles. The Morgan fingerprint density at radius 1 is 0.426 bits per heavy atom. The molecular weight excluding hydrogens is 659 g/mol. The van der Waals surface area contributed by atoms with Crippen molar-refractivity contribution in [1.29, 1.82) is 0 Å². The minimum Gasteiger partial charge on any atom is -0.613 e. The van der Waals surface area contributed by atoms with E-state index >= 15 is 0 Å². The molecular formula is C49H34N5-. The molecule has 2 atom stereocenters. The summed E-state index contributed by atoms with van der Waals surface area (Å²) in [5.74, 6) is 0.846. The molecule has 8 aromatic carbocycles. The molecule has 2 unspecified atom stereocenters. The number of nitrogens with zero attached hydrogens (tertiary/aromatic N) is 4. The fourth-order valence-electron chi connectivity index (χ4n) is 8.33. The van der Waals surface area contributed by atoms with Crippen LogP contribution in [-0.2, 0) is 0 Å². The van der Waals surface area contributed by atoms with Crippen LogP contribution in [0.1, 0.15) is 29.0 Å². The normalized spacial score (nSPS) is 16.0. The lowest BCUT2D eigenvalue weighted by molar-refractivity contribution is 0.631. The lowest BCUT2D eigenvalue weighted by Gasteiger charge is -2.44. The largest absolute Gasteiger partial charge is 0.613 e. The topological polar surface area (TPSA) is 48.4 Å². The molecule has 0 aliphatic carbocycles. The molecule has 1 aliphatic heterocycles. The monoisotopic (exact) mass is 692 g/mol. The summed E-state index contributed by atoms with van der Waals surface area (Å²) in [5.41, 5.74) is 10.3. The minimum absolute atomic E-state index is 0.204. The lowest BCUT2D eigenvalue weighted by atomic mass is 10.0. The number of hydrogen-bond donors (Lipinski definition) is 1. The second-order valence-electron chi connectivity index (χ2n) is 14.0. The number of fused-ring (bicyclic) bond motifs is 7. The van der Waals surface area contributed by atoms with Gasteiger partial charge in [-0.05, 0) is 88.8 Å². The van der Waals surface area contributed by atoms with Gasteiger partial charge in [0.15, 0.2) is 0 Å². The highest BCUT2D eigenvalue weighted by atomic mass is 15.3. The van der Waals surface area contributed by atoms with Crippen molar-refractivity contribution in [3.63, 3.8) is 0 Å². The van der Waals surface area contributed by atoms with Gasteiger partial charge in [0.25, 0.3) is 0 Å². The molecule has 0 saturated heterocycles. The highest BCUT2D eigenvalue weighted by Gasteiger charge is 2.20. The van der Waals surface area contributed by atoms with Crippen LogP contribution in [0.5, 0.6) is 0 Å². The van der Waals surface area contributed by atoms with Gasteiger partial charge in [0.2, 0.25) is 0 Å². The molecule has 0 spiro atoms. The SMILES string of the molecule is c1ccc(C2N=C(c3ccc4cc(-n5c6ccccc6c6cc7c8ccccc8n(-c8ccccc8)c7cc65)ccc4c3)NC(c3ccccc3)[N-]2)cc1. The number of rotatable bonds is 5. The molecule has 5 nitrogen and oxygen atoms in total. The van der Waals surface area contributed by atoms with E-state index in [9.17, 15) is 0 Å². The van der Waals surface area contributed by atoms with Crippen LogP contribution < -0.4 is 5.32 Å². The summed E-state index contributed by atoms with van der Waals surface area (Å²) in [4.78, 5) is 5.13. The summed E-state index contributed by atoms with van der Waals surface area (Å²) in [6, 6.07) is 67.2. The van der Waals surface area contributed by atoms with Gasteiger partial charge < -0.3 is 19.8 Å². The predicted molar refractivity (Wildman–Crippen MR) is 224 cm³/mol. The maximum Gasteiger partial charge on any atom is 0.126 e. The number of para-hydroxylation sites is 3. The number of nitrogens with one attached hydrogen (secondary N) is 1. The van der Waals surface area contributed by atoms with Crippen LogP contribution in [0, 0.1) is 0 Å². The summed E-state index contributed by atoms with van der Waals surface area (Å²) < 4.78 is 4.82. The van der Waals surface area contributed by atoms with E-state index in [1.54, 1.807) is 0 Å². The van der Waals surface area contributed by atoms with Gasteiger partial charge in [-0.2, -0.15) is 0 Å². The van der Waals surface area contributed by atoms with Crippen molar-refractivity contribution in [2.45, 2.75) is 12.3 Å². The first-order valence-electron chi connectivity index (χ1n) is 18.5. The van der Waals surface area contributed by atoms with Crippen molar-refractivity contribution in [3.8, 4) is 11.4 Å². The lowest BCUT2D eigenvalue weighted by Crippen LogP contribution is -2.33. The van der Waals surface area contributed by atoms with Crippen LogP contribution >= 0.6 is 0 Å². The van der Waals surface area contributed by atoms with Gasteiger partial charge in [-0.25, -0.2) is 0 Å². The van der Waals surface area contributed by atoms with E-state index in [2.05, 4.69) is 190 Å². The fraction of sp³-hybridized carbons (Fsp3) is 0.0408. The zero-order chi connectivity index (χ0) is 35.6. The first kappa shape index (κ1) is 30.7. The standard InChI is InChI=1S/C49H34N5/c1-4-14-32(15-5-1)47-50-48(33-16-6-2-7-17-33)52-49(51-47)36-25-24-35-29-38(27-26-34(35)28-36)54-44-23-13-11-21-40(44)42-30-41-39-20-10-12-22-43(39)53(45(41)31-46(42)54)37-18-8-3-9-19-37/h1-31,47-48H,(H,51,52)/q-1. The second kappa shape index (κ2) is 12.3. The van der Waals surface area contributed by atoms with E-state index < -0.39 is 0 Å². The Bertz CT molecular complexity index is 3050. The number of benzene rings is 8. The van der Waals surface area contributed by atoms with Crippen LogP contribution in [0.25, 0.3) is 71.1 Å². The third-order valence-corrected chi connectivity index (χ3v) is 10.9. The molecule has 0 fully saturated rings. The van der Waals surface area contributed by atoms with Crippen molar-refractivity contribution in [2.75, 3.05) is 0 Å². The van der Waals surface area contributed by atoms with E-state index in [0.29, 0.717) is 0 Å². The molecule has 256 valence electrons. The summed E-state index contributed by atoms with van der Waals surface area (Å²) >= 11 is 0. The van der Waals surface area contributed by atoms with Crippen LogP contribution in [0.3, 0.4) is 0 Å². The van der Waals surface area contributed by atoms with Crippen molar-refractivity contribution in [2.24, 2.45) is 4.99 Å². The number of hydrogen-bond acceptors (Lipinski definition) is 2. The molecule has 2 aromatic heterocycles. The van der Waals surface area contributed by atoms with Crippen LogP contribution in [-0.4, -0.2) is 15.0 Å². The molecule has 0 bridgehead atoms. The molecule has 1 aliphatic rings. The van der Waals surface area contributed by atoms with Gasteiger partial charge in [-0.3, -0.25) is 4.99 Å². The number of aromatic nitrogens is 2. The maximum absolute atomic E-state index is 5.13. The molecule has 0 amide bonds. The van der Waals surface area contributed by atoms with Gasteiger partial charge >= 0.3 is 0 Å². The molecule has 0 saturated carbocycles. The Hall–Kier alpha value is -6.95. The Kier molecular flexibility index (Phi) is 7.00. The number of amidine groups is 1. The maximum atomic E-state index is 5.13. The van der Waals surface area contributed by atoms with Crippen LogP contribution in [0.4, 0.5) is 0 Å². The van der Waals surface area contributed by atoms with Gasteiger partial charge in [0, 0.05) is 38.5 Å². The summed E-state index contributed by atoms with van der Waals surface area (Å²) in [6.45, 7) is 0. The molecule has 5 heteroatoms. The smallest absolute Gasteiger partial charge is 0.126 e. The highest BCUT2D eigenvalue weighted by Crippen LogP contribution is 2.40. The average molecular weight is 693 g/mol. The third kappa shape index (κ3) is 4.94. The first-order chi connectivity index (χ1) is 26.8. The van der Waals surface area contributed by atoms with Gasteiger partial charge in [-0.1, -0.05) is 133 Å². The van der Waals surface area contributed by atoms with E-state index in [-0.39, 0.29) is 12.3 Å². The Labute approximate surface area is 312 Å². The zero-order valence-electron chi connectivity index (χ0n) is 29.3. The van der Waals surface area contributed by atoms with Crippen molar-refractivity contribution >= 4 is 60.2 Å². The highest BCUT2D eigenvalue weighted by molar-refractivity contribution is 6.19. The molecule has 10 aromatic rings. The summed E-state index contributed by atoms with van der Waals surface area (Å²) in [5, 5.41) is 16.1. The van der Waals surface area contributed by atoms with E-state index in [0.717, 1.165) is 39.3 Å². The Morgan fingerprint density at radius 2 is 0.981 bits per heavy atom. The summed E-state index contributed by atoms with van der Waals surface area (Å²) in [7, 11) is 0. The van der Waals surface area contributed by atoms with Crippen molar-refractivity contribution in [3.05, 3.63) is 210 Å². The quantitative estimate of drug-likeness (QED) is 0.192. The summed E-state index contributed by atoms with van der Waals surface area (Å²) in [6.07, 6.45) is -0.502. The minimum atomic E-state index is -0.298. The van der Waals surface area contributed by atoms with Gasteiger partial charge in [0.05, 0.1) is 22.1 Å². The van der Waals surface area contributed by atoms with E-state index in [1.165, 1.54) is 49.0 Å². The van der Waals surface area contributed by atoms with Crippen molar-refractivity contribution in [1.82, 2.24) is 14.5 Å². The third-order valence-electron chi connectivity index (χ3n) is 10.9. The number of aliphatic imine (C=N–C) groups is 1. The van der Waals surface area contributed by atoms with Gasteiger partial charge in [-0.15, -0.1) is 0 Å². The molecule has 54 heavy (non-hydrogen) atoms. The molecule has 1 N–H and O–H groups in total. The van der Waals surface area contributed by atoms with E-state index in [1.807, 2.05) is 12.1 Å². The second-order valence-corrected chi connectivity index (χ2v) is 14.0. The predicted octanol–water partition coefficient (Wildman–Crippen LogP) is 12.2. The van der Waals surface area contributed by atoms with Gasteiger partial charge in [0.1, 0.15) is 5.84 Å². The van der Waals surface area contributed by atoms with Crippen LogP contribution in [0.2, 0.25) is 0 Å². The average Bonchev–Trinajstić information content (AvgIpc) is 3.75. The fourth-order valence-corrected chi connectivity index (χ4v) is 8.33. The van der Waals surface area contributed by atoms with Crippen molar-refractivity contribution < 1.29 is 0 Å². The molecule has 11 rings (SSSR count). The zero-order valence-corrected chi connectivity index (χ0v) is 29.3. The Morgan fingerprint density at radius 3 is 1.67 bits per heavy atom.